The first-order chi connectivity index (χ1) is 11.8. The van der Waals surface area contributed by atoms with E-state index in [2.05, 4.69) is 20.6 Å². The fourth-order valence-electron chi connectivity index (χ4n) is 3.33. The molecule has 1 aliphatic rings. The lowest BCUT2D eigenvalue weighted by Crippen LogP contribution is -2.28. The Morgan fingerprint density at radius 1 is 1.25 bits per heavy atom. The first-order valence-corrected chi connectivity index (χ1v) is 8.90. The molecule has 0 spiro atoms. The maximum Gasteiger partial charge on any atom is 0.273 e. The van der Waals surface area contributed by atoms with E-state index in [1.807, 2.05) is 23.7 Å². The summed E-state index contributed by atoms with van der Waals surface area (Å²) >= 11 is 0. The van der Waals surface area contributed by atoms with Crippen molar-refractivity contribution in [3.8, 4) is 0 Å². The lowest BCUT2D eigenvalue weighted by atomic mass is 10.1. The topological polar surface area (TPSA) is 72.7 Å². The van der Waals surface area contributed by atoms with Crippen LogP contribution in [0.4, 0.5) is 0 Å². The standard InChI is InChI=1S/C18H25N5O/c1-2-16(14-9-11-19-12-10-14)20-18(24)17-13-23(22-21-17)15-7-5-3-4-6-8-15/h9-13,15-16H,2-8H2,1H3,(H,20,24)/t16-/m0/s1. The molecule has 0 bridgehead atoms. The smallest absolute Gasteiger partial charge is 0.273 e. The Morgan fingerprint density at radius 3 is 2.62 bits per heavy atom. The summed E-state index contributed by atoms with van der Waals surface area (Å²) in [6.45, 7) is 2.05. The summed E-state index contributed by atoms with van der Waals surface area (Å²) in [5.41, 5.74) is 1.45. The zero-order chi connectivity index (χ0) is 16.8. The van der Waals surface area contributed by atoms with Crippen molar-refractivity contribution < 1.29 is 4.79 Å². The van der Waals surface area contributed by atoms with Crippen molar-refractivity contribution in [2.45, 2.75) is 64.0 Å². The molecule has 0 aliphatic heterocycles. The molecule has 1 amide bonds. The largest absolute Gasteiger partial charge is 0.344 e. The van der Waals surface area contributed by atoms with Crippen LogP contribution in [0.25, 0.3) is 0 Å². The number of nitrogens with one attached hydrogen (secondary N) is 1. The minimum atomic E-state index is -0.168. The summed E-state index contributed by atoms with van der Waals surface area (Å²) < 4.78 is 1.88. The monoisotopic (exact) mass is 327 g/mol. The van der Waals surface area contributed by atoms with Gasteiger partial charge in [0.2, 0.25) is 0 Å². The molecule has 0 aromatic carbocycles. The fraction of sp³-hybridized carbons (Fsp3) is 0.556. The van der Waals surface area contributed by atoms with Gasteiger partial charge in [0.15, 0.2) is 5.69 Å². The molecule has 128 valence electrons. The van der Waals surface area contributed by atoms with Crippen LogP contribution in [0, 0.1) is 0 Å². The fourth-order valence-corrected chi connectivity index (χ4v) is 3.33. The normalized spacial score (nSPS) is 17.2. The van der Waals surface area contributed by atoms with Gasteiger partial charge in [-0.1, -0.05) is 37.8 Å². The maximum atomic E-state index is 12.5. The highest BCUT2D eigenvalue weighted by atomic mass is 16.2. The van der Waals surface area contributed by atoms with Gasteiger partial charge in [-0.2, -0.15) is 0 Å². The van der Waals surface area contributed by atoms with Gasteiger partial charge in [-0.05, 0) is 37.0 Å². The third-order valence-corrected chi connectivity index (χ3v) is 4.76. The van der Waals surface area contributed by atoms with E-state index in [1.54, 1.807) is 18.6 Å². The molecule has 0 unspecified atom stereocenters. The van der Waals surface area contributed by atoms with Gasteiger partial charge >= 0.3 is 0 Å². The van der Waals surface area contributed by atoms with Crippen molar-refractivity contribution in [2.75, 3.05) is 0 Å². The summed E-state index contributed by atoms with van der Waals surface area (Å²) in [7, 11) is 0. The van der Waals surface area contributed by atoms with Gasteiger partial charge in [-0.15, -0.1) is 5.10 Å². The first-order valence-electron chi connectivity index (χ1n) is 8.90. The molecule has 2 aromatic rings. The molecule has 1 aliphatic carbocycles. The molecule has 0 saturated heterocycles. The number of carbonyl (C=O) groups is 1. The molecule has 0 radical (unpaired) electrons. The maximum absolute atomic E-state index is 12.5. The van der Waals surface area contributed by atoms with E-state index >= 15 is 0 Å². The van der Waals surface area contributed by atoms with Crippen LogP contribution < -0.4 is 5.32 Å². The van der Waals surface area contributed by atoms with Crippen LogP contribution in [0.1, 0.15) is 80.0 Å². The van der Waals surface area contributed by atoms with Crippen molar-refractivity contribution >= 4 is 5.91 Å². The highest BCUT2D eigenvalue weighted by Crippen LogP contribution is 2.26. The van der Waals surface area contributed by atoms with E-state index in [9.17, 15) is 4.79 Å². The van der Waals surface area contributed by atoms with Gasteiger partial charge in [0.05, 0.1) is 18.3 Å². The van der Waals surface area contributed by atoms with Crippen LogP contribution in [0.2, 0.25) is 0 Å². The molecule has 1 N–H and O–H groups in total. The van der Waals surface area contributed by atoms with Gasteiger partial charge in [-0.25, -0.2) is 4.68 Å². The van der Waals surface area contributed by atoms with Crippen LogP contribution >= 0.6 is 0 Å². The van der Waals surface area contributed by atoms with Crippen molar-refractivity contribution in [1.82, 2.24) is 25.3 Å². The SMILES string of the molecule is CC[C@H](NC(=O)c1cn(C2CCCCCC2)nn1)c1ccncc1. The molecule has 2 aromatic heterocycles. The third-order valence-electron chi connectivity index (χ3n) is 4.76. The van der Waals surface area contributed by atoms with Gasteiger partial charge in [-0.3, -0.25) is 9.78 Å². The van der Waals surface area contributed by atoms with Gasteiger partial charge in [0.25, 0.3) is 5.91 Å². The summed E-state index contributed by atoms with van der Waals surface area (Å²) in [6.07, 6.45) is 13.4. The molecule has 2 heterocycles. The lowest BCUT2D eigenvalue weighted by molar-refractivity contribution is 0.0930. The highest BCUT2D eigenvalue weighted by Gasteiger charge is 2.20. The molecule has 6 nitrogen and oxygen atoms in total. The number of rotatable bonds is 5. The number of nitrogens with zero attached hydrogens (tertiary/aromatic N) is 4. The van der Waals surface area contributed by atoms with Gasteiger partial charge in [0.1, 0.15) is 0 Å². The van der Waals surface area contributed by atoms with Crippen LogP contribution in [0.15, 0.2) is 30.7 Å². The average Bonchev–Trinajstić information content (AvgIpc) is 2.96. The van der Waals surface area contributed by atoms with Gasteiger partial charge in [0, 0.05) is 12.4 Å². The number of aromatic nitrogens is 4. The molecular formula is C18H25N5O. The predicted octanol–water partition coefficient (Wildman–Crippen LogP) is 3.45. The highest BCUT2D eigenvalue weighted by molar-refractivity contribution is 5.92. The number of hydrogen-bond acceptors (Lipinski definition) is 4. The van der Waals surface area contributed by atoms with E-state index in [1.165, 1.54) is 25.7 Å². The van der Waals surface area contributed by atoms with Crippen molar-refractivity contribution in [1.29, 1.82) is 0 Å². The molecule has 1 saturated carbocycles. The molecule has 3 rings (SSSR count). The third kappa shape index (κ3) is 3.99. The van der Waals surface area contributed by atoms with E-state index in [0.29, 0.717) is 11.7 Å². The summed E-state index contributed by atoms with van der Waals surface area (Å²) in [5.74, 6) is -0.168. The van der Waals surface area contributed by atoms with Crippen molar-refractivity contribution in [2.24, 2.45) is 0 Å². The minimum Gasteiger partial charge on any atom is -0.344 e. The zero-order valence-corrected chi connectivity index (χ0v) is 14.2. The van der Waals surface area contributed by atoms with Crippen LogP contribution in [0.3, 0.4) is 0 Å². The predicted molar refractivity (Wildman–Crippen MR) is 91.5 cm³/mol. The van der Waals surface area contributed by atoms with Crippen LogP contribution in [0.5, 0.6) is 0 Å². The molecule has 1 fully saturated rings. The van der Waals surface area contributed by atoms with E-state index in [0.717, 1.165) is 24.8 Å². The number of pyridine rings is 1. The molecule has 6 heteroatoms. The second kappa shape index (κ2) is 8.04. The Kier molecular flexibility index (Phi) is 5.56. The Labute approximate surface area is 142 Å². The minimum absolute atomic E-state index is 0.0384. The average molecular weight is 327 g/mol. The van der Waals surface area contributed by atoms with E-state index < -0.39 is 0 Å². The quantitative estimate of drug-likeness (QED) is 0.854. The second-order valence-electron chi connectivity index (χ2n) is 6.44. The number of amides is 1. The van der Waals surface area contributed by atoms with Crippen molar-refractivity contribution in [3.63, 3.8) is 0 Å². The van der Waals surface area contributed by atoms with Crippen LogP contribution in [-0.4, -0.2) is 25.9 Å². The van der Waals surface area contributed by atoms with Crippen molar-refractivity contribution in [3.05, 3.63) is 42.0 Å². The van der Waals surface area contributed by atoms with E-state index in [4.69, 9.17) is 0 Å². The first kappa shape index (κ1) is 16.6. The summed E-state index contributed by atoms with van der Waals surface area (Å²) in [6, 6.07) is 4.19. The van der Waals surface area contributed by atoms with Gasteiger partial charge < -0.3 is 5.32 Å². The number of carbonyl (C=O) groups excluding carboxylic acids is 1. The van der Waals surface area contributed by atoms with E-state index in [-0.39, 0.29) is 11.9 Å². The van der Waals surface area contributed by atoms with Crippen LogP contribution in [-0.2, 0) is 0 Å². The number of hydrogen-bond donors (Lipinski definition) is 1. The Hall–Kier alpha value is -2.24. The zero-order valence-electron chi connectivity index (χ0n) is 14.2. The molecule has 1 atom stereocenters. The Bertz CT molecular complexity index is 646. The lowest BCUT2D eigenvalue weighted by Gasteiger charge is -2.16. The Morgan fingerprint density at radius 2 is 1.96 bits per heavy atom. The second-order valence-corrected chi connectivity index (χ2v) is 6.44. The summed E-state index contributed by atoms with van der Waals surface area (Å²) in [5, 5.41) is 11.3. The molecular weight excluding hydrogens is 302 g/mol. The summed E-state index contributed by atoms with van der Waals surface area (Å²) in [4.78, 5) is 16.5. The Balaban J connectivity index is 1.66. The molecule has 24 heavy (non-hydrogen) atoms.